The van der Waals surface area contributed by atoms with Gasteiger partial charge in [0.15, 0.2) is 0 Å². The van der Waals surface area contributed by atoms with E-state index in [4.69, 9.17) is 0 Å². The van der Waals surface area contributed by atoms with Crippen molar-refractivity contribution in [1.29, 1.82) is 0 Å². The first-order valence-electron chi connectivity index (χ1n) is 22.0. The molecule has 0 aliphatic heterocycles. The number of nitrogens with zero attached hydrogens (tertiary/aromatic N) is 3. The Morgan fingerprint density at radius 3 is 1.67 bits per heavy atom. The zero-order valence-electron chi connectivity index (χ0n) is 35.4. The number of aromatic nitrogens is 1. The van der Waals surface area contributed by atoms with Crippen LogP contribution in [-0.4, -0.2) is 4.57 Å². The van der Waals surface area contributed by atoms with Gasteiger partial charge in [-0.3, -0.25) is 0 Å². The normalized spacial score (nSPS) is 11.5. The molecule has 0 unspecified atom stereocenters. The van der Waals surface area contributed by atoms with E-state index in [0.29, 0.717) is 0 Å². The number of rotatable bonds is 8. The van der Waals surface area contributed by atoms with Crippen LogP contribution in [0, 0.1) is 6.92 Å². The average molecular weight is 818 g/mol. The molecule has 0 N–H and O–H groups in total. The van der Waals surface area contributed by atoms with E-state index in [1.165, 1.54) is 70.8 Å². The summed E-state index contributed by atoms with van der Waals surface area (Å²) in [5.41, 5.74) is 13.9. The van der Waals surface area contributed by atoms with Crippen molar-refractivity contribution in [2.24, 2.45) is 0 Å². The monoisotopic (exact) mass is 817 g/mol. The molecule has 0 saturated carbocycles. The van der Waals surface area contributed by atoms with Crippen molar-refractivity contribution < 1.29 is 0 Å². The zero-order valence-corrected chi connectivity index (χ0v) is 35.4. The van der Waals surface area contributed by atoms with E-state index in [-0.39, 0.29) is 0 Å². The van der Waals surface area contributed by atoms with E-state index < -0.39 is 0 Å². The molecule has 302 valence electrons. The zero-order chi connectivity index (χ0) is 42.6. The molecule has 0 aliphatic carbocycles. The van der Waals surface area contributed by atoms with Crippen molar-refractivity contribution in [2.45, 2.75) is 6.92 Å². The Bertz CT molecular complexity index is 3670. The van der Waals surface area contributed by atoms with Gasteiger partial charge in [-0.25, -0.2) is 0 Å². The molecule has 12 aromatic rings. The lowest BCUT2D eigenvalue weighted by atomic mass is 9.95. The van der Waals surface area contributed by atoms with Gasteiger partial charge in [-0.15, -0.1) is 0 Å². The third-order valence-electron chi connectivity index (χ3n) is 12.8. The van der Waals surface area contributed by atoms with Gasteiger partial charge < -0.3 is 14.4 Å². The van der Waals surface area contributed by atoms with E-state index in [9.17, 15) is 0 Å². The summed E-state index contributed by atoms with van der Waals surface area (Å²) in [6, 6.07) is 88.4. The van der Waals surface area contributed by atoms with Crippen molar-refractivity contribution in [1.82, 2.24) is 4.57 Å². The molecule has 0 spiro atoms. The van der Waals surface area contributed by atoms with Crippen LogP contribution in [0.5, 0.6) is 0 Å². The van der Waals surface area contributed by atoms with Crippen LogP contribution in [0.4, 0.5) is 34.1 Å². The third kappa shape index (κ3) is 6.37. The van der Waals surface area contributed by atoms with Crippen LogP contribution in [0.15, 0.2) is 243 Å². The Morgan fingerprint density at radius 2 is 0.875 bits per heavy atom. The SMILES string of the molecule is Cc1ccc(N(c2ccc(-c3ccc(N(c4ccc5ccccc5c4)c4cccc5ccccc45)c4ccccc34)cc2)c2ccc3c(c2)c2ccccc2n3-c2ccccc2)cc1. The fourth-order valence-corrected chi connectivity index (χ4v) is 9.74. The standard InChI is InChI=1S/C61H43N3/c1-42-26-31-48(32-27-42)62(51-36-38-61-57(41-51)56-23-11-12-24-59(56)63(61)47-18-3-2-4-19-47)49-33-29-45(30-34-49)52-37-39-60(55-22-10-9-21-54(52)55)64(50-35-28-43-14-5-6-16-46(43)40-50)58-25-13-17-44-15-7-8-20-53(44)58/h2-41H,1H3. The molecule has 0 saturated heterocycles. The van der Waals surface area contributed by atoms with Crippen LogP contribution < -0.4 is 9.80 Å². The summed E-state index contributed by atoms with van der Waals surface area (Å²) in [6.07, 6.45) is 0. The second-order valence-electron chi connectivity index (χ2n) is 16.7. The first-order valence-corrected chi connectivity index (χ1v) is 22.0. The maximum atomic E-state index is 2.44. The Labute approximate surface area is 372 Å². The van der Waals surface area contributed by atoms with Gasteiger partial charge in [0.05, 0.1) is 22.4 Å². The number of hydrogen-bond donors (Lipinski definition) is 0. The molecule has 0 atom stereocenters. The summed E-state index contributed by atoms with van der Waals surface area (Å²) < 4.78 is 2.37. The van der Waals surface area contributed by atoms with Gasteiger partial charge in [0.1, 0.15) is 0 Å². The van der Waals surface area contributed by atoms with Gasteiger partial charge in [0.2, 0.25) is 0 Å². The number of hydrogen-bond acceptors (Lipinski definition) is 2. The van der Waals surface area contributed by atoms with Gasteiger partial charge in [-0.1, -0.05) is 163 Å². The van der Waals surface area contributed by atoms with Crippen LogP contribution in [0.1, 0.15) is 5.56 Å². The predicted octanol–water partition coefficient (Wildman–Crippen LogP) is 17.2. The molecule has 0 amide bonds. The first kappa shape index (κ1) is 37.4. The van der Waals surface area contributed by atoms with Crippen molar-refractivity contribution in [3.63, 3.8) is 0 Å². The molecule has 1 aromatic heterocycles. The van der Waals surface area contributed by atoms with Gasteiger partial charge >= 0.3 is 0 Å². The van der Waals surface area contributed by atoms with E-state index in [1.54, 1.807) is 0 Å². The first-order chi connectivity index (χ1) is 31.7. The smallest absolute Gasteiger partial charge is 0.0542 e. The molecule has 0 bridgehead atoms. The molecule has 3 nitrogen and oxygen atoms in total. The lowest BCUT2D eigenvalue weighted by molar-refractivity contribution is 1.18. The fraction of sp³-hybridized carbons (Fsp3) is 0.0164. The maximum absolute atomic E-state index is 2.44. The van der Waals surface area contributed by atoms with Crippen molar-refractivity contribution in [3.8, 4) is 16.8 Å². The Hall–Kier alpha value is -8.40. The number of para-hydroxylation sites is 2. The van der Waals surface area contributed by atoms with E-state index in [1.807, 2.05) is 0 Å². The minimum Gasteiger partial charge on any atom is -0.310 e. The summed E-state index contributed by atoms with van der Waals surface area (Å²) in [6.45, 7) is 2.14. The van der Waals surface area contributed by atoms with Crippen molar-refractivity contribution >= 4 is 88.2 Å². The molecule has 12 rings (SSSR count). The number of benzene rings is 11. The molecule has 0 fully saturated rings. The summed E-state index contributed by atoms with van der Waals surface area (Å²) >= 11 is 0. The van der Waals surface area contributed by atoms with Crippen LogP contribution in [0.3, 0.4) is 0 Å². The van der Waals surface area contributed by atoms with Crippen molar-refractivity contribution in [3.05, 3.63) is 248 Å². The molecule has 0 radical (unpaired) electrons. The quantitative estimate of drug-likeness (QED) is 0.151. The summed E-state index contributed by atoms with van der Waals surface area (Å²) in [4.78, 5) is 4.82. The van der Waals surface area contributed by atoms with E-state index in [0.717, 1.165) is 39.8 Å². The Balaban J connectivity index is 0.983. The number of anilines is 6. The van der Waals surface area contributed by atoms with Crippen LogP contribution in [-0.2, 0) is 0 Å². The molecule has 0 aliphatic rings. The Kier molecular flexibility index (Phi) is 9.05. The highest BCUT2D eigenvalue weighted by atomic mass is 15.2. The average Bonchev–Trinajstić information content (AvgIpc) is 3.69. The molecule has 1 heterocycles. The highest BCUT2D eigenvalue weighted by Gasteiger charge is 2.21. The van der Waals surface area contributed by atoms with Crippen LogP contribution in [0.2, 0.25) is 0 Å². The minimum absolute atomic E-state index is 1.10. The van der Waals surface area contributed by atoms with Crippen LogP contribution >= 0.6 is 0 Å². The lowest BCUT2D eigenvalue weighted by Gasteiger charge is -2.29. The highest BCUT2D eigenvalue weighted by Crippen LogP contribution is 2.46. The third-order valence-corrected chi connectivity index (χ3v) is 12.8. The highest BCUT2D eigenvalue weighted by molar-refractivity contribution is 6.12. The number of aryl methyl sites for hydroxylation is 1. The van der Waals surface area contributed by atoms with Gasteiger partial charge in [-0.2, -0.15) is 0 Å². The molecule has 64 heavy (non-hydrogen) atoms. The summed E-state index contributed by atoms with van der Waals surface area (Å²) in [5.74, 6) is 0. The second-order valence-corrected chi connectivity index (χ2v) is 16.7. The minimum atomic E-state index is 1.10. The van der Waals surface area contributed by atoms with Crippen molar-refractivity contribution in [2.75, 3.05) is 9.80 Å². The fourth-order valence-electron chi connectivity index (χ4n) is 9.74. The summed E-state index contributed by atoms with van der Waals surface area (Å²) in [5, 5.41) is 9.71. The topological polar surface area (TPSA) is 11.4 Å². The maximum Gasteiger partial charge on any atom is 0.0542 e. The second kappa shape index (κ2) is 15.5. The molecular weight excluding hydrogens is 775 g/mol. The largest absolute Gasteiger partial charge is 0.310 e. The van der Waals surface area contributed by atoms with Crippen LogP contribution in [0.25, 0.3) is 70.9 Å². The molecule has 3 heteroatoms. The van der Waals surface area contributed by atoms with Gasteiger partial charge in [0, 0.05) is 50.0 Å². The molecular formula is C61H43N3. The van der Waals surface area contributed by atoms with E-state index in [2.05, 4.69) is 264 Å². The Morgan fingerprint density at radius 1 is 0.312 bits per heavy atom. The molecule has 11 aromatic carbocycles. The van der Waals surface area contributed by atoms with E-state index >= 15 is 0 Å². The lowest BCUT2D eigenvalue weighted by Crippen LogP contribution is -2.11. The predicted molar refractivity (Wildman–Crippen MR) is 273 cm³/mol. The summed E-state index contributed by atoms with van der Waals surface area (Å²) in [7, 11) is 0. The van der Waals surface area contributed by atoms with Gasteiger partial charge in [0.25, 0.3) is 0 Å². The van der Waals surface area contributed by atoms with Gasteiger partial charge in [-0.05, 0) is 125 Å². The number of fused-ring (bicyclic) bond motifs is 6.